The molecule has 6 nitrogen and oxygen atoms in total. The van der Waals surface area contributed by atoms with Crippen LogP contribution in [0.3, 0.4) is 0 Å². The van der Waals surface area contributed by atoms with Crippen LogP contribution in [0, 0.1) is 11.3 Å². The van der Waals surface area contributed by atoms with E-state index in [1.165, 1.54) is 0 Å². The number of carbonyl (C=O) groups excluding carboxylic acids is 1. The van der Waals surface area contributed by atoms with Crippen LogP contribution in [-0.2, 0) is 4.79 Å². The lowest BCUT2D eigenvalue weighted by Crippen LogP contribution is -2.22. The van der Waals surface area contributed by atoms with E-state index in [1.54, 1.807) is 56.7 Å². The van der Waals surface area contributed by atoms with Crippen LogP contribution in [0.5, 0.6) is 11.5 Å². The number of nitriles is 1. The van der Waals surface area contributed by atoms with Gasteiger partial charge in [0.15, 0.2) is 0 Å². The third-order valence-corrected chi connectivity index (χ3v) is 3.12. The second-order valence-electron chi connectivity index (χ2n) is 4.66. The van der Waals surface area contributed by atoms with Gasteiger partial charge in [-0.1, -0.05) is 12.1 Å². The number of rotatable bonds is 6. The minimum Gasteiger partial charge on any atom is -0.497 e. The van der Waals surface area contributed by atoms with Crippen molar-refractivity contribution in [3.8, 4) is 17.6 Å². The molecule has 2 aromatic rings. The fraction of sp³-hybridized carbons (Fsp3) is 0.176. The van der Waals surface area contributed by atoms with Gasteiger partial charge in [-0.2, -0.15) is 5.26 Å². The van der Waals surface area contributed by atoms with Crippen LogP contribution < -0.4 is 20.1 Å². The number of benzene rings is 2. The molecule has 2 rings (SSSR count). The number of anilines is 2. The van der Waals surface area contributed by atoms with Gasteiger partial charge < -0.3 is 20.1 Å². The van der Waals surface area contributed by atoms with Gasteiger partial charge in [0.25, 0.3) is 0 Å². The van der Waals surface area contributed by atoms with Crippen molar-refractivity contribution in [3.63, 3.8) is 0 Å². The van der Waals surface area contributed by atoms with Gasteiger partial charge in [-0.15, -0.1) is 0 Å². The van der Waals surface area contributed by atoms with Gasteiger partial charge in [0.2, 0.25) is 5.91 Å². The SMILES string of the molecule is COc1cc(NC(=O)CNc2ccccc2C#N)cc(OC)c1. The quantitative estimate of drug-likeness (QED) is 0.857. The number of methoxy groups -OCH3 is 2. The summed E-state index contributed by atoms with van der Waals surface area (Å²) in [4.78, 5) is 12.0. The standard InChI is InChI=1S/C17H17N3O3/c1-22-14-7-13(8-15(9-14)23-2)20-17(21)11-19-16-6-4-3-5-12(16)10-18/h3-9,19H,11H2,1-2H3,(H,20,21). The molecule has 0 radical (unpaired) electrons. The molecule has 0 aliphatic heterocycles. The lowest BCUT2D eigenvalue weighted by atomic mass is 10.2. The van der Waals surface area contributed by atoms with Crippen molar-refractivity contribution in [2.45, 2.75) is 0 Å². The number of para-hydroxylation sites is 1. The van der Waals surface area contributed by atoms with E-state index in [0.717, 1.165) is 0 Å². The minimum absolute atomic E-state index is 0.0399. The molecule has 0 bridgehead atoms. The molecule has 0 aliphatic carbocycles. The van der Waals surface area contributed by atoms with Gasteiger partial charge in [-0.3, -0.25) is 4.79 Å². The zero-order chi connectivity index (χ0) is 16.7. The summed E-state index contributed by atoms with van der Waals surface area (Å²) in [5.74, 6) is 0.929. The van der Waals surface area contributed by atoms with Gasteiger partial charge in [0, 0.05) is 23.9 Å². The summed E-state index contributed by atoms with van der Waals surface area (Å²) in [7, 11) is 3.08. The van der Waals surface area contributed by atoms with Crippen molar-refractivity contribution in [1.29, 1.82) is 5.26 Å². The van der Waals surface area contributed by atoms with Crippen molar-refractivity contribution in [2.24, 2.45) is 0 Å². The van der Waals surface area contributed by atoms with E-state index in [-0.39, 0.29) is 12.5 Å². The fourth-order valence-corrected chi connectivity index (χ4v) is 2.00. The molecule has 1 amide bonds. The monoisotopic (exact) mass is 311 g/mol. The molecule has 0 heterocycles. The number of nitrogens with one attached hydrogen (secondary N) is 2. The van der Waals surface area contributed by atoms with Crippen LogP contribution in [0.1, 0.15) is 5.56 Å². The Morgan fingerprint density at radius 1 is 1.13 bits per heavy atom. The average Bonchev–Trinajstić information content (AvgIpc) is 2.59. The first-order valence-corrected chi connectivity index (χ1v) is 6.92. The molecule has 0 aliphatic rings. The summed E-state index contributed by atoms with van der Waals surface area (Å²) in [5, 5.41) is 14.7. The minimum atomic E-state index is -0.243. The van der Waals surface area contributed by atoms with Crippen molar-refractivity contribution >= 4 is 17.3 Å². The third-order valence-electron chi connectivity index (χ3n) is 3.12. The molecular weight excluding hydrogens is 294 g/mol. The van der Waals surface area contributed by atoms with Gasteiger partial charge in [-0.05, 0) is 12.1 Å². The zero-order valence-electron chi connectivity index (χ0n) is 12.9. The Kier molecular flexibility index (Phi) is 5.42. The first-order valence-electron chi connectivity index (χ1n) is 6.92. The molecule has 23 heavy (non-hydrogen) atoms. The first kappa shape index (κ1) is 16.2. The van der Waals surface area contributed by atoms with Crippen LogP contribution in [0.4, 0.5) is 11.4 Å². The molecule has 0 aromatic heterocycles. The van der Waals surface area contributed by atoms with E-state index >= 15 is 0 Å². The third kappa shape index (κ3) is 4.38. The second kappa shape index (κ2) is 7.71. The Bertz CT molecular complexity index is 716. The van der Waals surface area contributed by atoms with E-state index < -0.39 is 0 Å². The normalized spacial score (nSPS) is 9.61. The predicted octanol–water partition coefficient (Wildman–Crippen LogP) is 2.63. The fourth-order valence-electron chi connectivity index (χ4n) is 2.00. The number of nitrogens with zero attached hydrogens (tertiary/aromatic N) is 1. The predicted molar refractivity (Wildman–Crippen MR) is 87.8 cm³/mol. The van der Waals surface area contributed by atoms with Crippen molar-refractivity contribution in [1.82, 2.24) is 0 Å². The maximum Gasteiger partial charge on any atom is 0.243 e. The van der Waals surface area contributed by atoms with Gasteiger partial charge >= 0.3 is 0 Å². The maximum absolute atomic E-state index is 12.0. The van der Waals surface area contributed by atoms with Crippen molar-refractivity contribution < 1.29 is 14.3 Å². The maximum atomic E-state index is 12.0. The lowest BCUT2D eigenvalue weighted by Gasteiger charge is -2.11. The number of hydrogen-bond acceptors (Lipinski definition) is 5. The summed E-state index contributed by atoms with van der Waals surface area (Å²) in [5.41, 5.74) is 1.68. The van der Waals surface area contributed by atoms with E-state index in [1.807, 2.05) is 0 Å². The zero-order valence-corrected chi connectivity index (χ0v) is 12.9. The number of ether oxygens (including phenoxy) is 2. The smallest absolute Gasteiger partial charge is 0.243 e. The second-order valence-corrected chi connectivity index (χ2v) is 4.66. The molecule has 0 saturated carbocycles. The Balaban J connectivity index is 2.01. The highest BCUT2D eigenvalue weighted by Crippen LogP contribution is 2.25. The molecule has 2 aromatic carbocycles. The Hall–Kier alpha value is -3.20. The van der Waals surface area contributed by atoms with E-state index in [2.05, 4.69) is 16.7 Å². The topological polar surface area (TPSA) is 83.4 Å². The van der Waals surface area contributed by atoms with Crippen LogP contribution in [-0.4, -0.2) is 26.7 Å². The average molecular weight is 311 g/mol. The lowest BCUT2D eigenvalue weighted by molar-refractivity contribution is -0.114. The molecule has 0 unspecified atom stereocenters. The molecular formula is C17H17N3O3. The van der Waals surface area contributed by atoms with Crippen molar-refractivity contribution in [3.05, 3.63) is 48.0 Å². The first-order chi connectivity index (χ1) is 11.2. The molecule has 118 valence electrons. The summed E-state index contributed by atoms with van der Waals surface area (Å²) < 4.78 is 10.3. The van der Waals surface area contributed by atoms with Gasteiger partial charge in [0.05, 0.1) is 32.0 Å². The molecule has 2 N–H and O–H groups in total. The van der Waals surface area contributed by atoms with E-state index in [0.29, 0.717) is 28.4 Å². The molecule has 6 heteroatoms. The summed E-state index contributed by atoms with van der Waals surface area (Å²) >= 11 is 0. The Morgan fingerprint density at radius 2 is 1.78 bits per heavy atom. The number of amides is 1. The molecule has 0 fully saturated rings. The summed E-state index contributed by atoms with van der Waals surface area (Å²) in [6.45, 7) is 0.0399. The van der Waals surface area contributed by atoms with Crippen molar-refractivity contribution in [2.75, 3.05) is 31.4 Å². The van der Waals surface area contributed by atoms with Crippen LogP contribution in [0.15, 0.2) is 42.5 Å². The van der Waals surface area contributed by atoms with Crippen LogP contribution >= 0.6 is 0 Å². The Labute approximate surface area is 134 Å². The van der Waals surface area contributed by atoms with Crippen LogP contribution in [0.25, 0.3) is 0 Å². The highest BCUT2D eigenvalue weighted by atomic mass is 16.5. The summed E-state index contributed by atoms with van der Waals surface area (Å²) in [6, 6.07) is 14.2. The molecule has 0 saturated heterocycles. The van der Waals surface area contributed by atoms with E-state index in [9.17, 15) is 4.79 Å². The van der Waals surface area contributed by atoms with Gasteiger partial charge in [-0.25, -0.2) is 0 Å². The molecule has 0 spiro atoms. The van der Waals surface area contributed by atoms with Gasteiger partial charge in [0.1, 0.15) is 17.6 Å². The van der Waals surface area contributed by atoms with Crippen LogP contribution in [0.2, 0.25) is 0 Å². The Morgan fingerprint density at radius 3 is 2.39 bits per heavy atom. The molecule has 0 atom stereocenters. The number of hydrogen-bond donors (Lipinski definition) is 2. The number of carbonyl (C=O) groups is 1. The summed E-state index contributed by atoms with van der Waals surface area (Å²) in [6.07, 6.45) is 0. The highest BCUT2D eigenvalue weighted by molar-refractivity contribution is 5.94. The highest BCUT2D eigenvalue weighted by Gasteiger charge is 2.07. The largest absolute Gasteiger partial charge is 0.497 e. The van der Waals surface area contributed by atoms with E-state index in [4.69, 9.17) is 14.7 Å².